The van der Waals surface area contributed by atoms with Gasteiger partial charge >= 0.3 is 5.97 Å². The fourth-order valence-corrected chi connectivity index (χ4v) is 2.65. The number of nitrogens with zero attached hydrogens (tertiary/aromatic N) is 1. The van der Waals surface area contributed by atoms with E-state index in [-0.39, 0.29) is 5.56 Å². The number of halogens is 1. The molecule has 0 aliphatic rings. The SMILES string of the molecule is O=C(O)c1cccc(-c2cc3ccccc3nc2Br)c1. The average molecular weight is 328 g/mol. The van der Waals surface area contributed by atoms with Gasteiger partial charge in [-0.15, -0.1) is 0 Å². The molecule has 4 heteroatoms. The number of fused-ring (bicyclic) bond motifs is 1. The fourth-order valence-electron chi connectivity index (χ4n) is 2.11. The Morgan fingerprint density at radius 2 is 1.85 bits per heavy atom. The van der Waals surface area contributed by atoms with Gasteiger partial charge in [-0.25, -0.2) is 9.78 Å². The van der Waals surface area contributed by atoms with Crippen LogP contribution in [-0.4, -0.2) is 16.1 Å². The van der Waals surface area contributed by atoms with E-state index in [1.54, 1.807) is 18.2 Å². The zero-order valence-corrected chi connectivity index (χ0v) is 12.0. The maximum Gasteiger partial charge on any atom is 0.335 e. The van der Waals surface area contributed by atoms with Crippen LogP contribution in [0.25, 0.3) is 22.0 Å². The third-order valence-corrected chi connectivity index (χ3v) is 3.70. The molecule has 1 heterocycles. The number of hydrogen-bond donors (Lipinski definition) is 1. The van der Waals surface area contributed by atoms with Crippen molar-refractivity contribution >= 4 is 32.8 Å². The van der Waals surface area contributed by atoms with Gasteiger partial charge in [-0.2, -0.15) is 0 Å². The van der Waals surface area contributed by atoms with Gasteiger partial charge < -0.3 is 5.11 Å². The number of hydrogen-bond acceptors (Lipinski definition) is 2. The van der Waals surface area contributed by atoms with Gasteiger partial charge in [-0.1, -0.05) is 30.3 Å². The number of aromatic nitrogens is 1. The van der Waals surface area contributed by atoms with E-state index in [9.17, 15) is 4.79 Å². The molecule has 2 aromatic carbocycles. The highest BCUT2D eigenvalue weighted by Crippen LogP contribution is 2.30. The van der Waals surface area contributed by atoms with Crippen molar-refractivity contribution < 1.29 is 9.90 Å². The van der Waals surface area contributed by atoms with E-state index in [4.69, 9.17) is 5.11 Å². The lowest BCUT2D eigenvalue weighted by Crippen LogP contribution is -1.96. The highest BCUT2D eigenvalue weighted by atomic mass is 79.9. The van der Waals surface area contributed by atoms with Crippen LogP contribution in [0, 0.1) is 0 Å². The van der Waals surface area contributed by atoms with E-state index in [0.717, 1.165) is 22.0 Å². The Balaban J connectivity index is 2.21. The molecule has 1 N–H and O–H groups in total. The minimum absolute atomic E-state index is 0.266. The number of carbonyl (C=O) groups is 1. The third-order valence-electron chi connectivity index (χ3n) is 3.10. The predicted octanol–water partition coefficient (Wildman–Crippen LogP) is 4.36. The summed E-state index contributed by atoms with van der Waals surface area (Å²) in [5.74, 6) is -0.934. The van der Waals surface area contributed by atoms with E-state index < -0.39 is 5.97 Å². The molecular formula is C16H10BrNO2. The second-order valence-electron chi connectivity index (χ2n) is 4.41. The molecule has 20 heavy (non-hydrogen) atoms. The van der Waals surface area contributed by atoms with E-state index in [1.807, 2.05) is 36.4 Å². The molecule has 3 nitrogen and oxygen atoms in total. The Labute approximate surface area is 124 Å². The monoisotopic (exact) mass is 327 g/mol. The number of rotatable bonds is 2. The quantitative estimate of drug-likeness (QED) is 0.711. The summed E-state index contributed by atoms with van der Waals surface area (Å²) >= 11 is 3.46. The lowest BCUT2D eigenvalue weighted by Gasteiger charge is -2.07. The van der Waals surface area contributed by atoms with Crippen molar-refractivity contribution in [1.29, 1.82) is 0 Å². The van der Waals surface area contributed by atoms with Crippen LogP contribution < -0.4 is 0 Å². The first-order valence-corrected chi connectivity index (χ1v) is 6.83. The van der Waals surface area contributed by atoms with Gasteiger partial charge in [0.1, 0.15) is 4.60 Å². The fraction of sp³-hybridized carbons (Fsp3) is 0. The van der Waals surface area contributed by atoms with Gasteiger partial charge in [0.05, 0.1) is 11.1 Å². The molecule has 0 unspecified atom stereocenters. The summed E-state index contributed by atoms with van der Waals surface area (Å²) in [4.78, 5) is 15.6. The van der Waals surface area contributed by atoms with Gasteiger partial charge in [0.15, 0.2) is 0 Å². The summed E-state index contributed by atoms with van der Waals surface area (Å²) in [6, 6.07) is 16.7. The van der Waals surface area contributed by atoms with Crippen LogP contribution >= 0.6 is 15.9 Å². The Hall–Kier alpha value is -2.20. The van der Waals surface area contributed by atoms with Crippen molar-refractivity contribution in [3.05, 3.63) is 64.8 Å². The molecule has 0 aliphatic carbocycles. The van der Waals surface area contributed by atoms with Crippen molar-refractivity contribution in [2.45, 2.75) is 0 Å². The highest BCUT2D eigenvalue weighted by Gasteiger charge is 2.09. The summed E-state index contributed by atoms with van der Waals surface area (Å²) < 4.78 is 0.707. The first kappa shape index (κ1) is 12.8. The average Bonchev–Trinajstić information content (AvgIpc) is 2.46. The van der Waals surface area contributed by atoms with Crippen LogP contribution in [0.5, 0.6) is 0 Å². The number of benzene rings is 2. The van der Waals surface area contributed by atoms with E-state index in [2.05, 4.69) is 20.9 Å². The van der Waals surface area contributed by atoms with Gasteiger partial charge in [0.25, 0.3) is 0 Å². The van der Waals surface area contributed by atoms with Crippen molar-refractivity contribution in [3.8, 4) is 11.1 Å². The highest BCUT2D eigenvalue weighted by molar-refractivity contribution is 9.10. The van der Waals surface area contributed by atoms with E-state index in [1.165, 1.54) is 0 Å². The van der Waals surface area contributed by atoms with Crippen LogP contribution in [0.2, 0.25) is 0 Å². The maximum atomic E-state index is 11.1. The normalized spacial score (nSPS) is 10.7. The Morgan fingerprint density at radius 1 is 1.05 bits per heavy atom. The number of pyridine rings is 1. The molecule has 3 aromatic rings. The standard InChI is InChI=1S/C16H10BrNO2/c17-15-13(9-11-4-1-2-7-14(11)18-15)10-5-3-6-12(8-10)16(19)20/h1-9H,(H,19,20). The first-order chi connectivity index (χ1) is 9.65. The molecule has 1 aromatic heterocycles. The van der Waals surface area contributed by atoms with Crippen molar-refractivity contribution in [2.24, 2.45) is 0 Å². The van der Waals surface area contributed by atoms with Crippen molar-refractivity contribution in [2.75, 3.05) is 0 Å². The molecule has 0 aliphatic heterocycles. The summed E-state index contributed by atoms with van der Waals surface area (Å²) in [5.41, 5.74) is 2.88. The molecular weight excluding hydrogens is 318 g/mol. The minimum Gasteiger partial charge on any atom is -0.478 e. The first-order valence-electron chi connectivity index (χ1n) is 6.04. The Kier molecular flexibility index (Phi) is 3.24. The zero-order valence-electron chi connectivity index (χ0n) is 10.4. The molecule has 0 radical (unpaired) electrons. The molecule has 0 saturated heterocycles. The van der Waals surface area contributed by atoms with Crippen molar-refractivity contribution in [3.63, 3.8) is 0 Å². The third kappa shape index (κ3) is 2.30. The molecule has 0 amide bonds. The second kappa shape index (κ2) is 5.06. The molecule has 3 rings (SSSR count). The van der Waals surface area contributed by atoms with Gasteiger partial charge in [-0.05, 0) is 45.8 Å². The van der Waals surface area contributed by atoms with Crippen molar-refractivity contribution in [1.82, 2.24) is 4.98 Å². The van der Waals surface area contributed by atoms with Gasteiger partial charge in [-0.3, -0.25) is 0 Å². The second-order valence-corrected chi connectivity index (χ2v) is 5.16. The van der Waals surface area contributed by atoms with E-state index in [0.29, 0.717) is 4.60 Å². The number of carboxylic acid groups (broad SMARTS) is 1. The topological polar surface area (TPSA) is 50.2 Å². The molecule has 0 fully saturated rings. The molecule has 0 atom stereocenters. The number of aromatic carboxylic acids is 1. The molecule has 0 spiro atoms. The number of carboxylic acids is 1. The van der Waals surface area contributed by atoms with Gasteiger partial charge in [0, 0.05) is 10.9 Å². The van der Waals surface area contributed by atoms with Crippen LogP contribution in [-0.2, 0) is 0 Å². The minimum atomic E-state index is -0.934. The summed E-state index contributed by atoms with van der Waals surface area (Å²) in [5, 5.41) is 10.1. The smallest absolute Gasteiger partial charge is 0.335 e. The van der Waals surface area contributed by atoms with Crippen LogP contribution in [0.4, 0.5) is 0 Å². The summed E-state index contributed by atoms with van der Waals surface area (Å²) in [7, 11) is 0. The largest absolute Gasteiger partial charge is 0.478 e. The molecule has 0 bridgehead atoms. The molecule has 98 valence electrons. The predicted molar refractivity (Wildman–Crippen MR) is 81.8 cm³/mol. The lowest BCUT2D eigenvalue weighted by atomic mass is 10.0. The number of para-hydroxylation sites is 1. The van der Waals surface area contributed by atoms with Gasteiger partial charge in [0.2, 0.25) is 0 Å². The summed E-state index contributed by atoms with van der Waals surface area (Å²) in [6.45, 7) is 0. The van der Waals surface area contributed by atoms with E-state index >= 15 is 0 Å². The Morgan fingerprint density at radius 3 is 2.65 bits per heavy atom. The zero-order chi connectivity index (χ0) is 14.1. The summed E-state index contributed by atoms with van der Waals surface area (Å²) in [6.07, 6.45) is 0. The molecule has 0 saturated carbocycles. The van der Waals surface area contributed by atoms with Crippen LogP contribution in [0.15, 0.2) is 59.2 Å². The van der Waals surface area contributed by atoms with Crippen LogP contribution in [0.1, 0.15) is 10.4 Å². The Bertz CT molecular complexity index is 814. The lowest BCUT2D eigenvalue weighted by molar-refractivity contribution is 0.0697. The van der Waals surface area contributed by atoms with Crippen LogP contribution in [0.3, 0.4) is 0 Å². The maximum absolute atomic E-state index is 11.1.